The summed E-state index contributed by atoms with van der Waals surface area (Å²) in [5, 5.41) is 0. The summed E-state index contributed by atoms with van der Waals surface area (Å²) >= 11 is 0. The Morgan fingerprint density at radius 2 is 1.85 bits per heavy atom. The first kappa shape index (κ1) is 22.2. The molecular formula is C24H36O2. The van der Waals surface area contributed by atoms with Gasteiger partial charge < -0.3 is 4.74 Å². The highest BCUT2D eigenvalue weighted by Gasteiger charge is 2.20. The number of carbonyl (C=O) groups is 1. The molecular weight excluding hydrogens is 320 g/mol. The van der Waals surface area contributed by atoms with Crippen LogP contribution in [0.15, 0.2) is 59.3 Å². The van der Waals surface area contributed by atoms with E-state index in [2.05, 4.69) is 45.1 Å². The predicted molar refractivity (Wildman–Crippen MR) is 112 cm³/mol. The number of hydrogen-bond donors (Lipinski definition) is 0. The van der Waals surface area contributed by atoms with E-state index in [1.54, 1.807) is 0 Å². The van der Waals surface area contributed by atoms with Crippen LogP contribution in [-0.2, 0) is 9.53 Å². The first-order valence-electron chi connectivity index (χ1n) is 9.63. The van der Waals surface area contributed by atoms with E-state index in [-0.39, 0.29) is 11.4 Å². The summed E-state index contributed by atoms with van der Waals surface area (Å²) in [4.78, 5) is 11.8. The fourth-order valence-corrected chi connectivity index (χ4v) is 3.04. The Bertz CT molecular complexity index is 636. The van der Waals surface area contributed by atoms with Gasteiger partial charge in [-0.15, -0.1) is 0 Å². The molecule has 0 heterocycles. The van der Waals surface area contributed by atoms with Crippen molar-refractivity contribution in [3.05, 3.63) is 59.3 Å². The Morgan fingerprint density at radius 3 is 2.50 bits per heavy atom. The second-order valence-corrected chi connectivity index (χ2v) is 8.73. The standard InChI is InChI=1S/C24H36O2/c1-19(14-16-24(7)15-9-8-11-21(3)18-24)12-10-13-20(2)17-22(25)26-23(4,5)6/h10,12-14,16-18H,8-9,11,15H2,1-7H3/b13-10+,16-14+,19-12+,20-17+. The molecule has 0 saturated carbocycles. The first-order chi connectivity index (χ1) is 12.0. The van der Waals surface area contributed by atoms with Crippen molar-refractivity contribution in [2.24, 2.45) is 5.41 Å². The van der Waals surface area contributed by atoms with Gasteiger partial charge in [0.2, 0.25) is 0 Å². The smallest absolute Gasteiger partial charge is 0.331 e. The van der Waals surface area contributed by atoms with Crippen LogP contribution in [0.2, 0.25) is 0 Å². The van der Waals surface area contributed by atoms with E-state index in [1.807, 2.05) is 39.8 Å². The zero-order chi connectivity index (χ0) is 19.8. The molecule has 0 aromatic heterocycles. The summed E-state index contributed by atoms with van der Waals surface area (Å²) in [7, 11) is 0. The Kier molecular flexibility index (Phi) is 8.33. The second kappa shape index (κ2) is 9.75. The molecule has 0 radical (unpaired) electrons. The lowest BCUT2D eigenvalue weighted by molar-refractivity contribution is -0.148. The van der Waals surface area contributed by atoms with E-state index in [0.29, 0.717) is 0 Å². The molecule has 2 nitrogen and oxygen atoms in total. The first-order valence-corrected chi connectivity index (χ1v) is 9.63. The number of carbonyl (C=O) groups excluding carboxylic acids is 1. The summed E-state index contributed by atoms with van der Waals surface area (Å²) in [5.41, 5.74) is 3.27. The highest BCUT2D eigenvalue weighted by atomic mass is 16.6. The lowest BCUT2D eigenvalue weighted by atomic mass is 9.84. The molecule has 0 amide bonds. The summed E-state index contributed by atoms with van der Waals surface area (Å²) < 4.78 is 5.29. The quantitative estimate of drug-likeness (QED) is 0.233. The third-order valence-corrected chi connectivity index (χ3v) is 4.31. The predicted octanol–water partition coefficient (Wildman–Crippen LogP) is 6.86. The van der Waals surface area contributed by atoms with Gasteiger partial charge in [-0.25, -0.2) is 4.79 Å². The minimum Gasteiger partial charge on any atom is -0.457 e. The van der Waals surface area contributed by atoms with Crippen LogP contribution in [0.1, 0.15) is 74.1 Å². The van der Waals surface area contributed by atoms with Crippen LogP contribution >= 0.6 is 0 Å². The molecule has 0 aromatic rings. The Labute approximate surface area is 160 Å². The molecule has 0 fully saturated rings. The molecule has 1 atom stereocenters. The number of ether oxygens (including phenoxy) is 1. The molecule has 0 bridgehead atoms. The third kappa shape index (κ3) is 9.60. The van der Waals surface area contributed by atoms with Crippen molar-refractivity contribution in [3.63, 3.8) is 0 Å². The van der Waals surface area contributed by atoms with Gasteiger partial charge in [0.05, 0.1) is 0 Å². The van der Waals surface area contributed by atoms with Gasteiger partial charge in [0, 0.05) is 11.5 Å². The zero-order valence-corrected chi connectivity index (χ0v) is 17.7. The monoisotopic (exact) mass is 356 g/mol. The van der Waals surface area contributed by atoms with Gasteiger partial charge in [0.15, 0.2) is 0 Å². The zero-order valence-electron chi connectivity index (χ0n) is 17.7. The highest BCUT2D eigenvalue weighted by Crippen LogP contribution is 2.34. The fourth-order valence-electron chi connectivity index (χ4n) is 3.04. The molecule has 26 heavy (non-hydrogen) atoms. The Morgan fingerprint density at radius 1 is 1.15 bits per heavy atom. The van der Waals surface area contributed by atoms with Crippen LogP contribution in [0.5, 0.6) is 0 Å². The molecule has 144 valence electrons. The number of rotatable bonds is 5. The number of hydrogen-bond acceptors (Lipinski definition) is 2. The van der Waals surface area contributed by atoms with E-state index >= 15 is 0 Å². The molecule has 0 spiro atoms. The van der Waals surface area contributed by atoms with Gasteiger partial charge in [0.25, 0.3) is 0 Å². The molecule has 0 saturated heterocycles. The molecule has 2 heteroatoms. The van der Waals surface area contributed by atoms with Crippen molar-refractivity contribution in [3.8, 4) is 0 Å². The Hall–Kier alpha value is -1.83. The molecule has 1 aliphatic rings. The lowest BCUT2D eigenvalue weighted by Crippen LogP contribution is -2.22. The fraction of sp³-hybridized carbons (Fsp3) is 0.542. The average molecular weight is 357 g/mol. The summed E-state index contributed by atoms with van der Waals surface area (Å²) in [6.07, 6.45) is 19.5. The maximum Gasteiger partial charge on any atom is 0.331 e. The van der Waals surface area contributed by atoms with Gasteiger partial charge in [-0.05, 0) is 66.4 Å². The molecule has 1 rings (SSSR count). The van der Waals surface area contributed by atoms with E-state index in [4.69, 9.17) is 4.74 Å². The van der Waals surface area contributed by atoms with Crippen molar-refractivity contribution in [1.29, 1.82) is 0 Å². The summed E-state index contributed by atoms with van der Waals surface area (Å²) in [6, 6.07) is 0. The van der Waals surface area contributed by atoms with Crippen LogP contribution in [0, 0.1) is 5.41 Å². The van der Waals surface area contributed by atoms with E-state index in [0.717, 1.165) is 5.57 Å². The molecule has 0 N–H and O–H groups in total. The lowest BCUT2D eigenvalue weighted by Gasteiger charge is -2.21. The molecule has 1 aliphatic carbocycles. The van der Waals surface area contributed by atoms with Crippen molar-refractivity contribution < 1.29 is 9.53 Å². The maximum atomic E-state index is 11.8. The molecule has 0 aliphatic heterocycles. The van der Waals surface area contributed by atoms with Crippen LogP contribution in [-0.4, -0.2) is 11.6 Å². The van der Waals surface area contributed by atoms with Crippen molar-refractivity contribution in [2.75, 3.05) is 0 Å². The van der Waals surface area contributed by atoms with Gasteiger partial charge in [-0.1, -0.05) is 60.9 Å². The molecule has 1 unspecified atom stereocenters. The van der Waals surface area contributed by atoms with Crippen LogP contribution in [0.25, 0.3) is 0 Å². The van der Waals surface area contributed by atoms with Gasteiger partial charge in [0.1, 0.15) is 5.60 Å². The number of esters is 1. The van der Waals surface area contributed by atoms with E-state index in [1.165, 1.54) is 42.9 Å². The van der Waals surface area contributed by atoms with Gasteiger partial charge in [-0.2, -0.15) is 0 Å². The van der Waals surface area contributed by atoms with Crippen molar-refractivity contribution >= 4 is 5.97 Å². The van der Waals surface area contributed by atoms with Crippen molar-refractivity contribution in [1.82, 2.24) is 0 Å². The summed E-state index contributed by atoms with van der Waals surface area (Å²) in [5.74, 6) is -0.302. The highest BCUT2D eigenvalue weighted by molar-refractivity contribution is 5.83. The summed E-state index contributed by atoms with van der Waals surface area (Å²) in [6.45, 7) is 14.2. The normalized spacial score (nSPS) is 23.3. The van der Waals surface area contributed by atoms with Crippen LogP contribution in [0.3, 0.4) is 0 Å². The van der Waals surface area contributed by atoms with Gasteiger partial charge in [-0.3, -0.25) is 0 Å². The van der Waals surface area contributed by atoms with Crippen LogP contribution < -0.4 is 0 Å². The third-order valence-electron chi connectivity index (χ3n) is 4.31. The van der Waals surface area contributed by atoms with E-state index in [9.17, 15) is 4.79 Å². The maximum absolute atomic E-state index is 11.8. The minimum atomic E-state index is -0.459. The number of allylic oxidation sites excluding steroid dienone is 9. The van der Waals surface area contributed by atoms with Crippen molar-refractivity contribution in [2.45, 2.75) is 79.8 Å². The Balaban J connectivity index is 2.68. The SMILES string of the molecule is CC1=CC(C)(/C=C/C(C)=C/C=C/C(C)=C/C(=O)OC(C)(C)C)CCCC1. The van der Waals surface area contributed by atoms with Gasteiger partial charge >= 0.3 is 5.97 Å². The largest absolute Gasteiger partial charge is 0.457 e. The molecule has 0 aromatic carbocycles. The minimum absolute atomic E-state index is 0.159. The van der Waals surface area contributed by atoms with E-state index < -0.39 is 5.60 Å². The average Bonchev–Trinajstić information content (AvgIpc) is 2.64. The van der Waals surface area contributed by atoms with Crippen LogP contribution in [0.4, 0.5) is 0 Å². The topological polar surface area (TPSA) is 26.3 Å². The second-order valence-electron chi connectivity index (χ2n) is 8.73.